The lowest BCUT2D eigenvalue weighted by Gasteiger charge is -2.13. The predicted octanol–water partition coefficient (Wildman–Crippen LogP) is 5.46. The van der Waals surface area contributed by atoms with E-state index in [1.807, 2.05) is 6.07 Å². The topological polar surface area (TPSA) is 124 Å². The summed E-state index contributed by atoms with van der Waals surface area (Å²) in [5, 5.41) is 15.5. The second-order valence-electron chi connectivity index (χ2n) is 7.23. The minimum absolute atomic E-state index is 0.184. The summed E-state index contributed by atoms with van der Waals surface area (Å²) < 4.78 is 21.7. The number of ether oxygens (including phenoxy) is 3. The maximum atomic E-state index is 12.5. The average molecular weight is 568 g/mol. The standard InChI is InChI=1S/C25H18BrN3O6S/c1-32-21-8-17(24(30)34-3)18(9-22(21)33-2)28-11-14(10-27)23-29-19(12-36-23)16-7-13-6-15(26)4-5-20(13)35-25(16)31/h4-9,11-12,28H,1-3H3. The molecule has 182 valence electrons. The Hall–Kier alpha value is -4.14. The van der Waals surface area contributed by atoms with Crippen molar-refractivity contribution in [1.82, 2.24) is 4.98 Å². The number of anilines is 1. The molecule has 11 heteroatoms. The summed E-state index contributed by atoms with van der Waals surface area (Å²) in [6, 6.07) is 12.1. The molecule has 4 rings (SSSR count). The number of carbonyl (C=O) groups excluding carboxylic acids is 1. The fourth-order valence-corrected chi connectivity index (χ4v) is 4.53. The largest absolute Gasteiger partial charge is 0.493 e. The van der Waals surface area contributed by atoms with E-state index in [1.165, 1.54) is 44.9 Å². The van der Waals surface area contributed by atoms with Crippen molar-refractivity contribution < 1.29 is 23.4 Å². The van der Waals surface area contributed by atoms with Crippen LogP contribution in [-0.4, -0.2) is 32.3 Å². The second-order valence-corrected chi connectivity index (χ2v) is 9.00. The van der Waals surface area contributed by atoms with E-state index >= 15 is 0 Å². The first kappa shape index (κ1) is 25.0. The van der Waals surface area contributed by atoms with Gasteiger partial charge < -0.3 is 23.9 Å². The van der Waals surface area contributed by atoms with Crippen LogP contribution in [0.2, 0.25) is 0 Å². The summed E-state index contributed by atoms with van der Waals surface area (Å²) >= 11 is 4.60. The minimum atomic E-state index is -0.600. The number of rotatable bonds is 7. The van der Waals surface area contributed by atoms with Crippen LogP contribution in [0, 0.1) is 11.3 Å². The fraction of sp³-hybridized carbons (Fsp3) is 0.120. The molecule has 9 nitrogen and oxygen atoms in total. The molecule has 0 aliphatic rings. The van der Waals surface area contributed by atoms with Gasteiger partial charge in [0.15, 0.2) is 11.5 Å². The highest BCUT2D eigenvalue weighted by Gasteiger charge is 2.18. The Morgan fingerprint density at radius 3 is 2.61 bits per heavy atom. The SMILES string of the molecule is COC(=O)c1cc(OC)c(OC)cc1NC=C(C#N)c1nc(-c2cc3cc(Br)ccc3oc2=O)cs1. The molecule has 1 N–H and O–H groups in total. The highest BCUT2D eigenvalue weighted by molar-refractivity contribution is 9.10. The van der Waals surface area contributed by atoms with Crippen molar-refractivity contribution >= 4 is 55.5 Å². The van der Waals surface area contributed by atoms with E-state index < -0.39 is 11.6 Å². The number of aromatic nitrogens is 1. The van der Waals surface area contributed by atoms with E-state index in [9.17, 15) is 14.9 Å². The number of nitriles is 1. The molecule has 4 aromatic rings. The number of methoxy groups -OCH3 is 3. The number of esters is 1. The molecule has 0 aliphatic heterocycles. The molecule has 36 heavy (non-hydrogen) atoms. The van der Waals surface area contributed by atoms with Crippen molar-refractivity contribution in [2.75, 3.05) is 26.6 Å². The number of fused-ring (bicyclic) bond motifs is 1. The molecule has 0 saturated heterocycles. The van der Waals surface area contributed by atoms with Crippen LogP contribution in [0.1, 0.15) is 15.4 Å². The van der Waals surface area contributed by atoms with E-state index in [0.29, 0.717) is 33.5 Å². The second kappa shape index (κ2) is 10.6. The highest BCUT2D eigenvalue weighted by Crippen LogP contribution is 2.34. The number of nitrogens with zero attached hydrogens (tertiary/aromatic N) is 2. The Morgan fingerprint density at radius 2 is 1.92 bits per heavy atom. The fourth-order valence-electron chi connectivity index (χ4n) is 3.36. The van der Waals surface area contributed by atoms with E-state index in [1.54, 1.807) is 29.6 Å². The number of thiazole rings is 1. The lowest BCUT2D eigenvalue weighted by molar-refractivity contribution is 0.0601. The normalized spacial score (nSPS) is 11.1. The van der Waals surface area contributed by atoms with E-state index in [4.69, 9.17) is 18.6 Å². The number of carbonyl (C=O) groups is 1. The molecule has 0 saturated carbocycles. The summed E-state index contributed by atoms with van der Waals surface area (Å²) in [6.07, 6.45) is 1.41. The van der Waals surface area contributed by atoms with Gasteiger partial charge in [0, 0.05) is 33.6 Å². The van der Waals surface area contributed by atoms with Crippen molar-refractivity contribution in [2.45, 2.75) is 0 Å². The molecule has 2 heterocycles. The van der Waals surface area contributed by atoms with Crippen LogP contribution in [0.15, 0.2) is 61.7 Å². The minimum Gasteiger partial charge on any atom is -0.493 e. The van der Waals surface area contributed by atoms with Crippen molar-refractivity contribution in [1.29, 1.82) is 5.26 Å². The quantitative estimate of drug-likeness (QED) is 0.176. The number of hydrogen-bond acceptors (Lipinski definition) is 10. The first-order valence-corrected chi connectivity index (χ1v) is 12.0. The average Bonchev–Trinajstić information content (AvgIpc) is 3.37. The Balaban J connectivity index is 1.69. The molecular weight excluding hydrogens is 550 g/mol. The third kappa shape index (κ3) is 4.95. The van der Waals surface area contributed by atoms with Gasteiger partial charge in [0.25, 0.3) is 0 Å². The maximum absolute atomic E-state index is 12.5. The Kier molecular flexibility index (Phi) is 7.38. The lowest BCUT2D eigenvalue weighted by Crippen LogP contribution is -2.07. The number of halogens is 1. The van der Waals surface area contributed by atoms with Gasteiger partial charge in [-0.2, -0.15) is 5.26 Å². The van der Waals surface area contributed by atoms with E-state index in [-0.39, 0.29) is 16.7 Å². The van der Waals surface area contributed by atoms with Gasteiger partial charge in [-0.05, 0) is 24.3 Å². The van der Waals surface area contributed by atoms with Crippen LogP contribution < -0.4 is 20.4 Å². The number of allylic oxidation sites excluding steroid dienone is 1. The van der Waals surface area contributed by atoms with Gasteiger partial charge >= 0.3 is 11.6 Å². The third-order valence-electron chi connectivity index (χ3n) is 5.13. The van der Waals surface area contributed by atoms with Gasteiger partial charge in [-0.3, -0.25) is 0 Å². The van der Waals surface area contributed by atoms with Gasteiger partial charge in [0.1, 0.15) is 22.2 Å². The Bertz CT molecular complexity index is 1600. The van der Waals surface area contributed by atoms with Crippen molar-refractivity contribution in [3.8, 4) is 28.8 Å². The molecule has 0 bridgehead atoms. The first-order chi connectivity index (χ1) is 17.4. The van der Waals surface area contributed by atoms with Crippen LogP contribution in [-0.2, 0) is 4.74 Å². The van der Waals surface area contributed by atoms with E-state index in [0.717, 1.165) is 9.86 Å². The van der Waals surface area contributed by atoms with Crippen LogP contribution in [0.25, 0.3) is 27.8 Å². The van der Waals surface area contributed by atoms with Crippen LogP contribution >= 0.6 is 27.3 Å². The molecule has 0 atom stereocenters. The van der Waals surface area contributed by atoms with Gasteiger partial charge in [-0.25, -0.2) is 14.6 Å². The predicted molar refractivity (Wildman–Crippen MR) is 139 cm³/mol. The Morgan fingerprint density at radius 1 is 1.17 bits per heavy atom. The summed E-state index contributed by atoms with van der Waals surface area (Å²) in [4.78, 5) is 29.3. The smallest absolute Gasteiger partial charge is 0.345 e. The van der Waals surface area contributed by atoms with Crippen LogP contribution in [0.5, 0.6) is 11.5 Å². The molecule has 2 aromatic heterocycles. The van der Waals surface area contributed by atoms with Crippen molar-refractivity contribution in [2.24, 2.45) is 0 Å². The molecule has 0 aliphatic carbocycles. The number of hydrogen-bond donors (Lipinski definition) is 1. The van der Waals surface area contributed by atoms with Gasteiger partial charge in [-0.15, -0.1) is 11.3 Å². The molecule has 0 spiro atoms. The first-order valence-electron chi connectivity index (χ1n) is 10.3. The molecule has 0 unspecified atom stereocenters. The molecular formula is C25H18BrN3O6S. The maximum Gasteiger partial charge on any atom is 0.345 e. The zero-order chi connectivity index (χ0) is 25.8. The lowest BCUT2D eigenvalue weighted by atomic mass is 10.1. The zero-order valence-corrected chi connectivity index (χ0v) is 21.7. The monoisotopic (exact) mass is 567 g/mol. The number of benzene rings is 2. The summed E-state index contributed by atoms with van der Waals surface area (Å²) in [5.41, 5.74) is 1.29. The summed E-state index contributed by atoms with van der Waals surface area (Å²) in [5.74, 6) is 0.126. The van der Waals surface area contributed by atoms with E-state index in [2.05, 4.69) is 32.3 Å². The highest BCUT2D eigenvalue weighted by atomic mass is 79.9. The molecule has 0 radical (unpaired) electrons. The molecule has 0 amide bonds. The molecule has 2 aromatic carbocycles. The summed E-state index contributed by atoms with van der Waals surface area (Å²) in [6.45, 7) is 0. The van der Waals surface area contributed by atoms with Gasteiger partial charge in [0.05, 0.1) is 43.8 Å². The number of nitrogens with one attached hydrogen (secondary N) is 1. The zero-order valence-electron chi connectivity index (χ0n) is 19.2. The van der Waals surface area contributed by atoms with Crippen molar-refractivity contribution in [3.63, 3.8) is 0 Å². The summed E-state index contributed by atoms with van der Waals surface area (Å²) in [7, 11) is 4.18. The van der Waals surface area contributed by atoms with Crippen LogP contribution in [0.4, 0.5) is 5.69 Å². The van der Waals surface area contributed by atoms with Gasteiger partial charge in [0.2, 0.25) is 0 Å². The Labute approximate surface area is 217 Å². The third-order valence-corrected chi connectivity index (χ3v) is 6.50. The molecule has 0 fully saturated rings. The van der Waals surface area contributed by atoms with Crippen molar-refractivity contribution in [3.05, 3.63) is 73.4 Å². The van der Waals surface area contributed by atoms with Gasteiger partial charge in [-0.1, -0.05) is 15.9 Å². The van der Waals surface area contributed by atoms with Crippen LogP contribution in [0.3, 0.4) is 0 Å².